The van der Waals surface area contributed by atoms with E-state index in [1.807, 2.05) is 30.5 Å². The number of pyridine rings is 1. The molecule has 86 valence electrons. The van der Waals surface area contributed by atoms with Crippen LogP contribution in [0.2, 0.25) is 0 Å². The molecule has 0 aliphatic heterocycles. The maximum Gasteiger partial charge on any atom is 0.243 e. The molecule has 0 radical (unpaired) electrons. The second kappa shape index (κ2) is 4.46. The minimum Gasteiger partial charge on any atom is -0.348 e. The van der Waals surface area contributed by atoms with Gasteiger partial charge in [0, 0.05) is 15.5 Å². The molecule has 0 fully saturated rings. The Balaban J connectivity index is 1.79. The lowest BCUT2D eigenvalue weighted by atomic mass is 10.5. The molecular formula is C11H9BrN4S. The molecule has 4 nitrogen and oxygen atoms in total. The van der Waals surface area contributed by atoms with Crippen LogP contribution < -0.4 is 5.32 Å². The van der Waals surface area contributed by atoms with Crippen LogP contribution in [0.5, 0.6) is 0 Å². The number of thiophene rings is 1. The average Bonchev–Trinajstić information content (AvgIpc) is 2.92. The lowest BCUT2D eigenvalue weighted by Crippen LogP contribution is -1.99. The van der Waals surface area contributed by atoms with E-state index in [1.165, 1.54) is 4.88 Å². The van der Waals surface area contributed by atoms with Crippen molar-refractivity contribution in [2.75, 3.05) is 5.32 Å². The SMILES string of the molecule is Brc1ccsc1CNc1nc2ccccn2n1. The number of fused-ring (bicyclic) bond motifs is 1. The first-order chi connectivity index (χ1) is 8.33. The van der Waals surface area contributed by atoms with E-state index >= 15 is 0 Å². The Morgan fingerprint density at radius 2 is 2.29 bits per heavy atom. The first-order valence-corrected chi connectivity index (χ1v) is 6.77. The van der Waals surface area contributed by atoms with Crippen molar-refractivity contribution >= 4 is 38.9 Å². The molecule has 3 aromatic rings. The molecule has 0 amide bonds. The van der Waals surface area contributed by atoms with Crippen LogP contribution in [0.3, 0.4) is 0 Å². The van der Waals surface area contributed by atoms with Gasteiger partial charge < -0.3 is 5.32 Å². The molecule has 0 unspecified atom stereocenters. The highest BCUT2D eigenvalue weighted by atomic mass is 79.9. The largest absolute Gasteiger partial charge is 0.348 e. The summed E-state index contributed by atoms with van der Waals surface area (Å²) in [4.78, 5) is 5.61. The van der Waals surface area contributed by atoms with E-state index in [9.17, 15) is 0 Å². The van der Waals surface area contributed by atoms with Crippen LogP contribution in [-0.4, -0.2) is 14.6 Å². The summed E-state index contributed by atoms with van der Waals surface area (Å²) in [6, 6.07) is 7.85. The van der Waals surface area contributed by atoms with Crippen molar-refractivity contribution < 1.29 is 0 Å². The minimum absolute atomic E-state index is 0.650. The average molecular weight is 309 g/mol. The molecule has 0 saturated heterocycles. The molecule has 0 saturated carbocycles. The van der Waals surface area contributed by atoms with Crippen LogP contribution in [0.1, 0.15) is 4.88 Å². The molecule has 0 atom stereocenters. The topological polar surface area (TPSA) is 42.2 Å². The first kappa shape index (κ1) is 10.7. The van der Waals surface area contributed by atoms with E-state index in [1.54, 1.807) is 15.9 Å². The Hall–Kier alpha value is -1.40. The molecular weight excluding hydrogens is 300 g/mol. The number of hydrogen-bond donors (Lipinski definition) is 1. The molecule has 17 heavy (non-hydrogen) atoms. The number of anilines is 1. The van der Waals surface area contributed by atoms with Crippen molar-refractivity contribution in [3.05, 3.63) is 45.2 Å². The predicted molar refractivity (Wildman–Crippen MR) is 72.3 cm³/mol. The van der Waals surface area contributed by atoms with Crippen LogP contribution in [0, 0.1) is 0 Å². The fraction of sp³-hybridized carbons (Fsp3) is 0.0909. The second-order valence-electron chi connectivity index (χ2n) is 3.48. The smallest absolute Gasteiger partial charge is 0.243 e. The molecule has 1 N–H and O–H groups in total. The monoisotopic (exact) mass is 308 g/mol. The molecule has 3 rings (SSSR count). The van der Waals surface area contributed by atoms with E-state index in [-0.39, 0.29) is 0 Å². The van der Waals surface area contributed by atoms with Crippen LogP contribution in [0.25, 0.3) is 5.65 Å². The van der Waals surface area contributed by atoms with Crippen LogP contribution in [0.15, 0.2) is 40.3 Å². The van der Waals surface area contributed by atoms with Gasteiger partial charge in [0.15, 0.2) is 5.65 Å². The van der Waals surface area contributed by atoms with Gasteiger partial charge in [-0.15, -0.1) is 16.4 Å². The third kappa shape index (κ3) is 2.18. The van der Waals surface area contributed by atoms with Crippen molar-refractivity contribution in [2.24, 2.45) is 0 Å². The number of hydrogen-bond acceptors (Lipinski definition) is 4. The maximum absolute atomic E-state index is 4.37. The quantitative estimate of drug-likeness (QED) is 0.808. The van der Waals surface area contributed by atoms with Crippen molar-refractivity contribution in [3.8, 4) is 0 Å². The molecule has 0 aliphatic rings. The molecule has 0 bridgehead atoms. The molecule has 0 aromatic carbocycles. The van der Waals surface area contributed by atoms with E-state index in [0.29, 0.717) is 5.95 Å². The zero-order valence-corrected chi connectivity index (χ0v) is 11.2. The summed E-state index contributed by atoms with van der Waals surface area (Å²) < 4.78 is 2.88. The van der Waals surface area contributed by atoms with E-state index in [0.717, 1.165) is 16.7 Å². The Labute approximate surface area is 110 Å². The van der Waals surface area contributed by atoms with Crippen molar-refractivity contribution in [1.29, 1.82) is 0 Å². The maximum atomic E-state index is 4.37. The molecule has 0 spiro atoms. The van der Waals surface area contributed by atoms with Crippen LogP contribution >= 0.6 is 27.3 Å². The molecule has 0 aliphatic carbocycles. The molecule has 3 aromatic heterocycles. The standard InChI is InChI=1S/C11H9BrN4S/c12-8-4-6-17-9(8)7-13-11-14-10-3-1-2-5-16(10)15-11/h1-6H,7H2,(H,13,15). The Morgan fingerprint density at radius 3 is 3.06 bits per heavy atom. The molecule has 3 heterocycles. The summed E-state index contributed by atoms with van der Waals surface area (Å²) in [7, 11) is 0. The third-order valence-corrected chi connectivity index (χ3v) is 4.27. The zero-order chi connectivity index (χ0) is 11.7. The van der Waals surface area contributed by atoms with Gasteiger partial charge in [-0.1, -0.05) is 6.07 Å². The number of aromatic nitrogens is 3. The zero-order valence-electron chi connectivity index (χ0n) is 8.80. The Morgan fingerprint density at radius 1 is 1.35 bits per heavy atom. The third-order valence-electron chi connectivity index (χ3n) is 2.34. The second-order valence-corrected chi connectivity index (χ2v) is 5.34. The van der Waals surface area contributed by atoms with Gasteiger partial charge in [0.25, 0.3) is 0 Å². The summed E-state index contributed by atoms with van der Waals surface area (Å²) in [5, 5.41) is 9.59. The fourth-order valence-corrected chi connectivity index (χ4v) is 2.95. The van der Waals surface area contributed by atoms with Gasteiger partial charge >= 0.3 is 0 Å². The Kier molecular flexibility index (Phi) is 2.82. The fourth-order valence-electron chi connectivity index (χ4n) is 1.52. The summed E-state index contributed by atoms with van der Waals surface area (Å²) >= 11 is 5.20. The lowest BCUT2D eigenvalue weighted by molar-refractivity contribution is 0.952. The normalized spacial score (nSPS) is 10.9. The summed E-state index contributed by atoms with van der Waals surface area (Å²) in [5.41, 5.74) is 0.847. The van der Waals surface area contributed by atoms with Gasteiger partial charge in [0.1, 0.15) is 0 Å². The highest BCUT2D eigenvalue weighted by molar-refractivity contribution is 9.10. The first-order valence-electron chi connectivity index (χ1n) is 5.10. The summed E-state index contributed by atoms with van der Waals surface area (Å²) in [5.74, 6) is 0.650. The van der Waals surface area contributed by atoms with Gasteiger partial charge in [-0.3, -0.25) is 0 Å². The van der Waals surface area contributed by atoms with Crippen molar-refractivity contribution in [2.45, 2.75) is 6.54 Å². The van der Waals surface area contributed by atoms with Gasteiger partial charge in [-0.25, -0.2) is 4.52 Å². The van der Waals surface area contributed by atoms with Crippen molar-refractivity contribution in [1.82, 2.24) is 14.6 Å². The van der Waals surface area contributed by atoms with Crippen molar-refractivity contribution in [3.63, 3.8) is 0 Å². The highest BCUT2D eigenvalue weighted by Crippen LogP contribution is 2.23. The minimum atomic E-state index is 0.650. The van der Waals surface area contributed by atoms with Gasteiger partial charge in [0.2, 0.25) is 5.95 Å². The molecule has 6 heteroatoms. The highest BCUT2D eigenvalue weighted by Gasteiger charge is 2.04. The summed E-state index contributed by atoms with van der Waals surface area (Å²) in [6.07, 6.45) is 1.88. The number of nitrogens with zero attached hydrogens (tertiary/aromatic N) is 3. The lowest BCUT2D eigenvalue weighted by Gasteiger charge is -1.98. The number of rotatable bonds is 3. The summed E-state index contributed by atoms with van der Waals surface area (Å²) in [6.45, 7) is 0.731. The van der Waals surface area contributed by atoms with Gasteiger partial charge in [-0.2, -0.15) is 4.98 Å². The number of halogens is 1. The van der Waals surface area contributed by atoms with E-state index < -0.39 is 0 Å². The van der Waals surface area contributed by atoms with Gasteiger partial charge in [0.05, 0.1) is 6.54 Å². The number of nitrogens with one attached hydrogen (secondary N) is 1. The Bertz CT molecular complexity index is 613. The van der Waals surface area contributed by atoms with Crippen LogP contribution in [-0.2, 0) is 6.54 Å². The van der Waals surface area contributed by atoms with Gasteiger partial charge in [-0.05, 0) is 39.5 Å². The van der Waals surface area contributed by atoms with Crippen LogP contribution in [0.4, 0.5) is 5.95 Å². The predicted octanol–water partition coefficient (Wildman–Crippen LogP) is 3.17. The van der Waals surface area contributed by atoms with E-state index in [2.05, 4.69) is 36.7 Å². The van der Waals surface area contributed by atoms with E-state index in [4.69, 9.17) is 0 Å².